The molecule has 0 aliphatic rings. The van der Waals surface area contributed by atoms with E-state index >= 15 is 0 Å². The van der Waals surface area contributed by atoms with Crippen molar-refractivity contribution in [1.82, 2.24) is 14.8 Å². The van der Waals surface area contributed by atoms with Crippen molar-refractivity contribution in [3.05, 3.63) is 87.3 Å². The highest BCUT2D eigenvalue weighted by Crippen LogP contribution is 2.32. The fourth-order valence-electron chi connectivity index (χ4n) is 2.72. The summed E-state index contributed by atoms with van der Waals surface area (Å²) >= 11 is 3.18. The monoisotopic (exact) mass is 408 g/mol. The molecule has 0 unspecified atom stereocenters. The molecule has 0 atom stereocenters. The maximum Gasteiger partial charge on any atom is 0.269 e. The predicted octanol–water partition coefficient (Wildman–Crippen LogP) is 5.50. The van der Waals surface area contributed by atoms with E-state index in [2.05, 4.69) is 46.0 Å². The Morgan fingerprint density at radius 1 is 1.07 bits per heavy atom. The van der Waals surface area contributed by atoms with E-state index in [4.69, 9.17) is 0 Å². The van der Waals surface area contributed by atoms with Crippen molar-refractivity contribution in [3.8, 4) is 16.4 Å². The number of thioether (sulfide) groups is 1. The van der Waals surface area contributed by atoms with Crippen LogP contribution in [0.3, 0.4) is 0 Å². The number of hydrogen-bond donors (Lipinski definition) is 0. The first-order chi connectivity index (χ1) is 13.6. The minimum absolute atomic E-state index is 0.0940. The van der Waals surface area contributed by atoms with E-state index in [1.54, 1.807) is 35.2 Å². The molecule has 0 bridgehead atoms. The molecule has 0 aliphatic carbocycles. The molecule has 2 heterocycles. The molecule has 2 aromatic carbocycles. The summed E-state index contributed by atoms with van der Waals surface area (Å²) in [4.78, 5) is 11.5. The number of rotatable bonds is 6. The van der Waals surface area contributed by atoms with Gasteiger partial charge < -0.3 is 0 Å². The molecule has 0 aliphatic heterocycles. The van der Waals surface area contributed by atoms with Crippen LogP contribution in [-0.2, 0) is 5.75 Å². The quantitative estimate of drug-likeness (QED) is 0.239. The van der Waals surface area contributed by atoms with Crippen molar-refractivity contribution < 1.29 is 4.92 Å². The summed E-state index contributed by atoms with van der Waals surface area (Å²) in [5.74, 6) is 1.46. The average molecular weight is 409 g/mol. The van der Waals surface area contributed by atoms with Gasteiger partial charge in [0.2, 0.25) is 0 Å². The number of non-ortho nitro benzene ring substituents is 1. The van der Waals surface area contributed by atoms with Crippen LogP contribution in [0.1, 0.15) is 11.1 Å². The van der Waals surface area contributed by atoms with Crippen LogP contribution in [0.25, 0.3) is 16.4 Å². The first-order valence-electron chi connectivity index (χ1n) is 8.54. The van der Waals surface area contributed by atoms with Crippen LogP contribution in [0.5, 0.6) is 0 Å². The minimum atomic E-state index is -0.391. The van der Waals surface area contributed by atoms with Crippen LogP contribution < -0.4 is 0 Å². The molecule has 4 rings (SSSR count). The number of nitrogens with zero attached hydrogens (tertiary/aromatic N) is 4. The zero-order valence-corrected chi connectivity index (χ0v) is 16.6. The van der Waals surface area contributed by atoms with E-state index in [1.807, 2.05) is 17.5 Å². The molecule has 140 valence electrons. The molecule has 0 radical (unpaired) electrons. The number of nitro groups is 1. The Hall–Kier alpha value is -2.97. The van der Waals surface area contributed by atoms with E-state index in [0.717, 1.165) is 27.1 Å². The normalized spacial score (nSPS) is 10.9. The van der Waals surface area contributed by atoms with Crippen LogP contribution in [-0.4, -0.2) is 19.7 Å². The van der Waals surface area contributed by atoms with E-state index in [0.29, 0.717) is 5.75 Å². The maximum absolute atomic E-state index is 10.8. The van der Waals surface area contributed by atoms with Gasteiger partial charge in [-0.05, 0) is 36.1 Å². The smallest absolute Gasteiger partial charge is 0.269 e. The lowest BCUT2D eigenvalue weighted by atomic mass is 10.2. The summed E-state index contributed by atoms with van der Waals surface area (Å²) in [6, 6.07) is 18.9. The van der Waals surface area contributed by atoms with Crippen molar-refractivity contribution in [2.45, 2.75) is 17.8 Å². The standard InChI is InChI=1S/C20H16N4O2S2/c1-14-4-8-16(9-5-14)23-19(18-3-2-12-27-18)21-22-20(23)28-13-15-6-10-17(11-7-15)24(25)26/h2-12H,13H2,1H3. The zero-order valence-electron chi connectivity index (χ0n) is 15.0. The molecule has 0 fully saturated rings. The Morgan fingerprint density at radius 3 is 2.46 bits per heavy atom. The molecule has 0 saturated heterocycles. The van der Waals surface area contributed by atoms with E-state index < -0.39 is 4.92 Å². The number of aryl methyl sites for hydroxylation is 1. The third-order valence-electron chi connectivity index (χ3n) is 4.18. The number of nitro benzene ring substituents is 1. The summed E-state index contributed by atoms with van der Waals surface area (Å²) in [5.41, 5.74) is 3.28. The fraction of sp³-hybridized carbons (Fsp3) is 0.100. The van der Waals surface area contributed by atoms with Gasteiger partial charge in [0.25, 0.3) is 5.69 Å². The molecule has 6 nitrogen and oxygen atoms in total. The molecule has 28 heavy (non-hydrogen) atoms. The Bertz CT molecular complexity index is 1090. The second kappa shape index (κ2) is 7.95. The van der Waals surface area contributed by atoms with Gasteiger partial charge >= 0.3 is 0 Å². The van der Waals surface area contributed by atoms with E-state index in [9.17, 15) is 10.1 Å². The van der Waals surface area contributed by atoms with Gasteiger partial charge in [0.1, 0.15) is 0 Å². The average Bonchev–Trinajstić information content (AvgIpc) is 3.37. The Labute approximate surface area is 170 Å². The van der Waals surface area contributed by atoms with Gasteiger partial charge in [0.15, 0.2) is 11.0 Å². The predicted molar refractivity (Wildman–Crippen MR) is 112 cm³/mol. The van der Waals surface area contributed by atoms with Crippen molar-refractivity contribution in [2.75, 3.05) is 0 Å². The molecule has 0 saturated carbocycles. The van der Waals surface area contributed by atoms with Gasteiger partial charge in [-0.25, -0.2) is 0 Å². The van der Waals surface area contributed by atoms with Gasteiger partial charge in [0.05, 0.1) is 9.80 Å². The second-order valence-corrected chi connectivity index (χ2v) is 8.06. The highest BCUT2D eigenvalue weighted by atomic mass is 32.2. The Balaban J connectivity index is 1.65. The summed E-state index contributed by atoms with van der Waals surface area (Å²) < 4.78 is 2.06. The number of thiophene rings is 1. The Kier molecular flexibility index (Phi) is 5.23. The zero-order chi connectivity index (χ0) is 19.5. The first-order valence-corrected chi connectivity index (χ1v) is 10.4. The van der Waals surface area contributed by atoms with Gasteiger partial charge in [-0.15, -0.1) is 21.5 Å². The third kappa shape index (κ3) is 3.83. The van der Waals surface area contributed by atoms with Gasteiger partial charge in [-0.2, -0.15) is 0 Å². The third-order valence-corrected chi connectivity index (χ3v) is 6.05. The SMILES string of the molecule is Cc1ccc(-n2c(SCc3ccc([N+](=O)[O-])cc3)nnc2-c2cccs2)cc1. The summed E-state index contributed by atoms with van der Waals surface area (Å²) in [6.45, 7) is 2.06. The van der Waals surface area contributed by atoms with E-state index in [1.165, 1.54) is 17.7 Å². The molecule has 2 aromatic heterocycles. The van der Waals surface area contributed by atoms with Crippen LogP contribution >= 0.6 is 23.1 Å². The number of hydrogen-bond acceptors (Lipinski definition) is 6. The van der Waals surface area contributed by atoms with Crippen molar-refractivity contribution in [3.63, 3.8) is 0 Å². The fourth-order valence-corrected chi connectivity index (χ4v) is 4.32. The van der Waals surface area contributed by atoms with Crippen molar-refractivity contribution >= 4 is 28.8 Å². The molecule has 4 aromatic rings. The van der Waals surface area contributed by atoms with Crippen molar-refractivity contribution in [1.29, 1.82) is 0 Å². The molecule has 0 spiro atoms. The molecular formula is C20H16N4O2S2. The van der Waals surface area contributed by atoms with Gasteiger partial charge in [-0.1, -0.05) is 47.7 Å². The Morgan fingerprint density at radius 2 is 1.82 bits per heavy atom. The topological polar surface area (TPSA) is 73.8 Å². The maximum atomic E-state index is 10.8. The first kappa shape index (κ1) is 18.4. The molecular weight excluding hydrogens is 392 g/mol. The highest BCUT2D eigenvalue weighted by molar-refractivity contribution is 7.98. The highest BCUT2D eigenvalue weighted by Gasteiger charge is 2.17. The largest absolute Gasteiger partial charge is 0.269 e. The minimum Gasteiger partial charge on any atom is -0.269 e. The van der Waals surface area contributed by atoms with Crippen LogP contribution in [0.2, 0.25) is 0 Å². The lowest BCUT2D eigenvalue weighted by Gasteiger charge is -2.10. The van der Waals surface area contributed by atoms with Gasteiger partial charge in [0, 0.05) is 23.6 Å². The van der Waals surface area contributed by atoms with E-state index in [-0.39, 0.29) is 5.69 Å². The second-order valence-electron chi connectivity index (χ2n) is 6.17. The lowest BCUT2D eigenvalue weighted by Crippen LogP contribution is -1.99. The molecule has 0 amide bonds. The van der Waals surface area contributed by atoms with Crippen LogP contribution in [0, 0.1) is 17.0 Å². The molecule has 0 N–H and O–H groups in total. The lowest BCUT2D eigenvalue weighted by molar-refractivity contribution is -0.384. The van der Waals surface area contributed by atoms with Crippen LogP contribution in [0.4, 0.5) is 5.69 Å². The van der Waals surface area contributed by atoms with Crippen molar-refractivity contribution in [2.24, 2.45) is 0 Å². The summed E-state index contributed by atoms with van der Waals surface area (Å²) in [7, 11) is 0. The summed E-state index contributed by atoms with van der Waals surface area (Å²) in [5, 5.41) is 22.4. The van der Waals surface area contributed by atoms with Crippen LogP contribution in [0.15, 0.2) is 71.2 Å². The molecule has 8 heteroatoms. The number of aromatic nitrogens is 3. The van der Waals surface area contributed by atoms with Gasteiger partial charge in [-0.3, -0.25) is 14.7 Å². The number of benzene rings is 2. The summed E-state index contributed by atoms with van der Waals surface area (Å²) in [6.07, 6.45) is 0.